The third-order valence-electron chi connectivity index (χ3n) is 11.4. The summed E-state index contributed by atoms with van der Waals surface area (Å²) in [7, 11) is 1.92. The molecule has 2 aromatic heterocycles. The number of carbonyl (C=O) groups is 1. The second-order valence-electron chi connectivity index (χ2n) is 15.0. The number of aryl methyl sites for hydroxylation is 2. The van der Waals surface area contributed by atoms with Crippen LogP contribution in [0.4, 0.5) is 5.69 Å². The molecule has 52 heavy (non-hydrogen) atoms. The van der Waals surface area contributed by atoms with E-state index >= 15 is 0 Å². The van der Waals surface area contributed by atoms with E-state index in [1.54, 1.807) is 4.68 Å². The van der Waals surface area contributed by atoms with Gasteiger partial charge in [0.25, 0.3) is 0 Å². The van der Waals surface area contributed by atoms with Gasteiger partial charge >= 0.3 is 5.97 Å². The summed E-state index contributed by atoms with van der Waals surface area (Å²) in [4.78, 5) is 17.6. The van der Waals surface area contributed by atoms with Crippen LogP contribution in [-0.2, 0) is 36.5 Å². The van der Waals surface area contributed by atoms with Crippen LogP contribution >= 0.6 is 23.5 Å². The van der Waals surface area contributed by atoms with Gasteiger partial charge in [-0.1, -0.05) is 30.7 Å². The lowest BCUT2D eigenvalue weighted by Gasteiger charge is -2.47. The second-order valence-corrected chi connectivity index (χ2v) is 16.4. The van der Waals surface area contributed by atoms with Crippen LogP contribution in [0.3, 0.4) is 0 Å². The smallest absolute Gasteiger partial charge is 0.329 e. The van der Waals surface area contributed by atoms with E-state index in [1.807, 2.05) is 55.8 Å². The topological polar surface area (TPSA) is 111 Å². The molecular formula is C41H50ClN5O4S. The molecule has 0 radical (unpaired) electrons. The molecule has 2 heterocycles. The summed E-state index contributed by atoms with van der Waals surface area (Å²) in [5.41, 5.74) is 4.69. The molecule has 3 aliphatic carbocycles. The second kappa shape index (κ2) is 16.1. The molecule has 11 heteroatoms. The Morgan fingerprint density at radius 3 is 2.73 bits per heavy atom. The fourth-order valence-electron chi connectivity index (χ4n) is 8.73. The lowest BCUT2D eigenvalue weighted by atomic mass is 9.59. The summed E-state index contributed by atoms with van der Waals surface area (Å²) in [5, 5.41) is 20.0. The van der Waals surface area contributed by atoms with Crippen molar-refractivity contribution in [3.63, 3.8) is 0 Å². The van der Waals surface area contributed by atoms with Crippen molar-refractivity contribution < 1.29 is 19.4 Å². The molecule has 1 saturated carbocycles. The van der Waals surface area contributed by atoms with Crippen LogP contribution in [0.2, 0.25) is 5.02 Å². The molecule has 4 aromatic rings. The van der Waals surface area contributed by atoms with Crippen LogP contribution in [0.25, 0.3) is 0 Å². The number of carboxylic acid groups (broad SMARTS) is 1. The number of benzene rings is 2. The van der Waals surface area contributed by atoms with E-state index < -0.39 is 11.5 Å². The minimum atomic E-state index is -1.06. The summed E-state index contributed by atoms with van der Waals surface area (Å²) in [6.07, 6.45) is 13.7. The number of rotatable bonds is 15. The number of nitrogens with zero attached hydrogens (tertiary/aromatic N) is 3. The Morgan fingerprint density at radius 2 is 1.94 bits per heavy atom. The molecule has 3 N–H and O–H groups in total. The van der Waals surface area contributed by atoms with E-state index in [0.717, 1.165) is 73.7 Å². The maximum absolute atomic E-state index is 13.0. The molecule has 1 spiro atoms. The third-order valence-corrected chi connectivity index (χ3v) is 12.4. The minimum absolute atomic E-state index is 0.144. The third kappa shape index (κ3) is 8.09. The first kappa shape index (κ1) is 36.6. The lowest BCUT2D eigenvalue weighted by Crippen LogP contribution is -2.53. The van der Waals surface area contributed by atoms with E-state index in [0.29, 0.717) is 42.9 Å². The number of carboxylic acids is 1. The molecule has 0 saturated heterocycles. The SMILES string of the molecule is C[C@@H](COc1ccnc2c1CCCC2)CC1Cc2ccc(OCCCNSc3ccn(C)n3)cc2C12CCC(Nc1cccc(Cl)c1)(C(=O)O)CC2. The van der Waals surface area contributed by atoms with Gasteiger partial charge in [-0.25, -0.2) is 4.79 Å². The zero-order valence-corrected chi connectivity index (χ0v) is 31.8. The highest BCUT2D eigenvalue weighted by molar-refractivity contribution is 7.97. The maximum atomic E-state index is 13.0. The number of pyridine rings is 1. The summed E-state index contributed by atoms with van der Waals surface area (Å²) < 4.78 is 18.0. The van der Waals surface area contributed by atoms with Gasteiger partial charge in [0.15, 0.2) is 0 Å². The monoisotopic (exact) mass is 743 g/mol. The number of nitrogens with one attached hydrogen (secondary N) is 2. The average molecular weight is 744 g/mol. The van der Waals surface area contributed by atoms with Crippen molar-refractivity contribution in [1.29, 1.82) is 0 Å². The van der Waals surface area contributed by atoms with Crippen molar-refractivity contribution in [3.05, 3.63) is 94.4 Å². The van der Waals surface area contributed by atoms with E-state index in [1.165, 1.54) is 47.2 Å². The Morgan fingerprint density at radius 1 is 1.10 bits per heavy atom. The zero-order chi connectivity index (χ0) is 36.1. The number of aromatic nitrogens is 3. The van der Waals surface area contributed by atoms with Crippen molar-refractivity contribution in [2.75, 3.05) is 25.1 Å². The molecule has 0 bridgehead atoms. The lowest BCUT2D eigenvalue weighted by molar-refractivity contribution is -0.144. The van der Waals surface area contributed by atoms with E-state index in [4.69, 9.17) is 21.1 Å². The number of hydrogen-bond acceptors (Lipinski definition) is 8. The first-order valence-electron chi connectivity index (χ1n) is 18.8. The number of hydrogen-bond donors (Lipinski definition) is 3. The van der Waals surface area contributed by atoms with Gasteiger partial charge in [0.1, 0.15) is 22.1 Å². The fourth-order valence-corrected chi connectivity index (χ4v) is 9.62. The van der Waals surface area contributed by atoms with Crippen LogP contribution in [0.5, 0.6) is 11.5 Å². The van der Waals surface area contributed by atoms with Crippen molar-refractivity contribution in [2.45, 2.75) is 93.5 Å². The van der Waals surface area contributed by atoms with Gasteiger partial charge in [0.05, 0.1) is 13.2 Å². The van der Waals surface area contributed by atoms with Crippen molar-refractivity contribution >= 4 is 35.2 Å². The normalized spacial score (nSPS) is 22.8. The van der Waals surface area contributed by atoms with Gasteiger partial charge in [-0.2, -0.15) is 5.10 Å². The van der Waals surface area contributed by atoms with Gasteiger partial charge in [-0.05, 0) is 153 Å². The molecule has 1 fully saturated rings. The summed E-state index contributed by atoms with van der Waals surface area (Å²) >= 11 is 7.82. The highest BCUT2D eigenvalue weighted by Crippen LogP contribution is 2.56. The molecule has 276 valence electrons. The molecule has 9 nitrogen and oxygen atoms in total. The predicted octanol–water partition coefficient (Wildman–Crippen LogP) is 8.44. The minimum Gasteiger partial charge on any atom is -0.494 e. The van der Waals surface area contributed by atoms with Crippen molar-refractivity contribution in [2.24, 2.45) is 18.9 Å². The van der Waals surface area contributed by atoms with Gasteiger partial charge in [-0.3, -0.25) is 14.4 Å². The highest BCUT2D eigenvalue weighted by Gasteiger charge is 2.54. The average Bonchev–Trinajstić information content (AvgIpc) is 3.69. The van der Waals surface area contributed by atoms with E-state index in [-0.39, 0.29) is 5.41 Å². The van der Waals surface area contributed by atoms with Crippen molar-refractivity contribution in [3.8, 4) is 11.5 Å². The van der Waals surface area contributed by atoms with Crippen LogP contribution in [0.15, 0.2) is 72.0 Å². The summed E-state index contributed by atoms with van der Waals surface area (Å²) in [5.74, 6) is 1.75. The Hall–Kier alpha value is -3.73. The van der Waals surface area contributed by atoms with Crippen LogP contribution in [-0.4, -0.2) is 51.1 Å². The van der Waals surface area contributed by atoms with Crippen LogP contribution < -0.4 is 19.5 Å². The highest BCUT2D eigenvalue weighted by atomic mass is 35.5. The van der Waals surface area contributed by atoms with Crippen LogP contribution in [0, 0.1) is 11.8 Å². The Kier molecular flexibility index (Phi) is 11.3. The van der Waals surface area contributed by atoms with Gasteiger partial charge in [-0.15, -0.1) is 0 Å². The van der Waals surface area contributed by atoms with E-state index in [2.05, 4.69) is 45.2 Å². The van der Waals surface area contributed by atoms with Gasteiger partial charge in [0, 0.05) is 48.0 Å². The van der Waals surface area contributed by atoms with Gasteiger partial charge < -0.3 is 19.9 Å². The quantitative estimate of drug-likeness (QED) is 0.0816. The molecule has 3 aliphatic rings. The molecular weight excluding hydrogens is 694 g/mol. The maximum Gasteiger partial charge on any atom is 0.329 e. The number of halogens is 1. The number of ether oxygens (including phenoxy) is 2. The molecule has 7 rings (SSSR count). The summed E-state index contributed by atoms with van der Waals surface area (Å²) in [6.45, 7) is 4.35. The Balaban J connectivity index is 1.06. The standard InChI is InChI=1S/C41H50ClN5O4S/c1-28(27-51-37-13-20-43-36-10-4-3-9-34(36)37)23-30-24-29-11-12-33(50-22-6-19-44-52-38-14-21-47(2)46-38)26-35(29)40(30)15-17-41(18-16-40,39(48)49)45-32-8-5-7-31(42)25-32/h5,7-8,11-14,20-21,25-26,28,30,44-45H,3-4,6,9-10,15-19,22-24,27H2,1-2H3,(H,48,49)/t28-,30?,40?,41?/m1/s1. The molecule has 0 aliphatic heterocycles. The number of fused-ring (bicyclic) bond motifs is 3. The van der Waals surface area contributed by atoms with Gasteiger partial charge in [0.2, 0.25) is 0 Å². The van der Waals surface area contributed by atoms with Crippen LogP contribution in [0.1, 0.15) is 80.7 Å². The molecule has 1 unspecified atom stereocenters. The predicted molar refractivity (Wildman–Crippen MR) is 207 cm³/mol. The zero-order valence-electron chi connectivity index (χ0n) is 30.2. The molecule has 0 amide bonds. The summed E-state index contributed by atoms with van der Waals surface area (Å²) in [6, 6.07) is 18.0. The van der Waals surface area contributed by atoms with E-state index in [9.17, 15) is 9.90 Å². The molecule has 2 aromatic carbocycles. The largest absolute Gasteiger partial charge is 0.494 e. The number of aliphatic carboxylic acids is 1. The molecule has 2 atom stereocenters. The Labute approximate surface area is 316 Å². The van der Waals surface area contributed by atoms with Crippen molar-refractivity contribution in [1.82, 2.24) is 19.5 Å². The number of anilines is 1. The first-order chi connectivity index (χ1) is 25.2. The first-order valence-corrected chi connectivity index (χ1v) is 19.9. The fraction of sp³-hybridized carbons (Fsp3) is 0.488. The Bertz CT molecular complexity index is 1860.